The number of fused-ring (bicyclic) bond motifs is 3. The molecule has 2 heterocycles. The van der Waals surface area contributed by atoms with Crippen molar-refractivity contribution in [2.75, 3.05) is 18.4 Å². The predicted molar refractivity (Wildman–Crippen MR) is 97.7 cm³/mol. The van der Waals surface area contributed by atoms with Crippen LogP contribution in [0, 0.1) is 5.92 Å². The topological polar surface area (TPSA) is 66.9 Å². The molecule has 1 fully saturated rings. The van der Waals surface area contributed by atoms with Crippen molar-refractivity contribution in [2.45, 2.75) is 51.9 Å². The largest absolute Gasteiger partial charge is 0.369 e. The van der Waals surface area contributed by atoms with Gasteiger partial charge in [0.05, 0.1) is 11.8 Å². The number of hydrogen-bond donors (Lipinski definition) is 2. The van der Waals surface area contributed by atoms with Gasteiger partial charge < -0.3 is 10.6 Å². The molecule has 0 aromatic carbocycles. The molecule has 128 valence electrons. The lowest BCUT2D eigenvalue weighted by molar-refractivity contribution is -0.120. The van der Waals surface area contributed by atoms with Gasteiger partial charge in [-0.2, -0.15) is 0 Å². The van der Waals surface area contributed by atoms with E-state index in [0.717, 1.165) is 36.0 Å². The number of carbonyl (C=O) groups is 1. The van der Waals surface area contributed by atoms with Gasteiger partial charge in [0.2, 0.25) is 5.91 Å². The lowest BCUT2D eigenvalue weighted by Crippen LogP contribution is -2.25. The van der Waals surface area contributed by atoms with Crippen LogP contribution in [-0.2, 0) is 24.1 Å². The van der Waals surface area contributed by atoms with E-state index < -0.39 is 0 Å². The minimum Gasteiger partial charge on any atom is -0.369 e. The Labute approximate surface area is 146 Å². The van der Waals surface area contributed by atoms with E-state index in [9.17, 15) is 4.79 Å². The molecule has 0 saturated heterocycles. The van der Waals surface area contributed by atoms with Gasteiger partial charge in [0.1, 0.15) is 16.5 Å². The van der Waals surface area contributed by atoms with Crippen molar-refractivity contribution in [1.82, 2.24) is 15.3 Å². The fraction of sp³-hybridized carbons (Fsp3) is 0.611. The summed E-state index contributed by atoms with van der Waals surface area (Å²) in [4.78, 5) is 23.9. The molecule has 0 aliphatic heterocycles. The normalized spacial score (nSPS) is 16.9. The highest BCUT2D eigenvalue weighted by Gasteiger charge is 2.24. The van der Waals surface area contributed by atoms with Crippen LogP contribution in [0.3, 0.4) is 0 Å². The highest BCUT2D eigenvalue weighted by atomic mass is 32.1. The molecule has 2 aromatic heterocycles. The highest BCUT2D eigenvalue weighted by molar-refractivity contribution is 7.19. The van der Waals surface area contributed by atoms with Crippen LogP contribution >= 0.6 is 11.3 Å². The average molecular weight is 344 g/mol. The quantitative estimate of drug-likeness (QED) is 0.845. The van der Waals surface area contributed by atoms with Gasteiger partial charge in [-0.1, -0.05) is 0 Å². The number of nitrogens with zero attached hydrogens (tertiary/aromatic N) is 2. The molecule has 2 N–H and O–H groups in total. The Kier molecular flexibility index (Phi) is 4.39. The molecular weight excluding hydrogens is 320 g/mol. The van der Waals surface area contributed by atoms with Gasteiger partial charge in [0, 0.05) is 18.0 Å². The van der Waals surface area contributed by atoms with Crippen molar-refractivity contribution in [2.24, 2.45) is 5.92 Å². The molecule has 6 heteroatoms. The summed E-state index contributed by atoms with van der Waals surface area (Å²) in [6.45, 7) is 3.55. The van der Waals surface area contributed by atoms with Gasteiger partial charge in [-0.15, -0.1) is 11.3 Å². The first-order valence-corrected chi connectivity index (χ1v) is 9.88. The first-order chi connectivity index (χ1) is 11.7. The van der Waals surface area contributed by atoms with Gasteiger partial charge in [-0.25, -0.2) is 9.97 Å². The Morgan fingerprint density at radius 1 is 1.25 bits per heavy atom. The lowest BCUT2D eigenvalue weighted by atomic mass is 9.97. The molecule has 1 amide bonds. The average Bonchev–Trinajstić information content (AvgIpc) is 3.31. The van der Waals surface area contributed by atoms with Crippen molar-refractivity contribution >= 4 is 33.3 Å². The maximum absolute atomic E-state index is 11.9. The standard InChI is InChI=1S/C18H24N4OS/c1-2-19-15(23)9-14-21-17(20-10-11-7-8-11)16-12-5-3-4-6-13(12)24-18(16)22-14/h11H,2-10H2,1H3,(H,19,23)(H,20,21,22). The lowest BCUT2D eigenvalue weighted by Gasteiger charge is -2.13. The van der Waals surface area contributed by atoms with Gasteiger partial charge in [0.25, 0.3) is 0 Å². The third-order valence-electron chi connectivity index (χ3n) is 4.81. The number of thiophene rings is 1. The Morgan fingerprint density at radius 3 is 2.88 bits per heavy atom. The van der Waals surface area contributed by atoms with Crippen LogP contribution in [0.5, 0.6) is 0 Å². The van der Waals surface area contributed by atoms with Crippen molar-refractivity contribution in [3.05, 3.63) is 16.3 Å². The van der Waals surface area contributed by atoms with Gasteiger partial charge in [-0.05, 0) is 56.9 Å². The van der Waals surface area contributed by atoms with Crippen LogP contribution in [0.25, 0.3) is 10.2 Å². The first kappa shape index (κ1) is 15.8. The Morgan fingerprint density at radius 2 is 2.08 bits per heavy atom. The van der Waals surface area contributed by atoms with Crippen molar-refractivity contribution in [3.63, 3.8) is 0 Å². The Bertz CT molecular complexity index is 766. The zero-order valence-electron chi connectivity index (χ0n) is 14.2. The summed E-state index contributed by atoms with van der Waals surface area (Å²) in [5.74, 6) is 2.36. The monoisotopic (exact) mass is 344 g/mol. The molecule has 5 nitrogen and oxygen atoms in total. The molecule has 4 rings (SSSR count). The van der Waals surface area contributed by atoms with Crippen LogP contribution in [0.4, 0.5) is 5.82 Å². The summed E-state index contributed by atoms with van der Waals surface area (Å²) < 4.78 is 0. The van der Waals surface area contributed by atoms with Gasteiger partial charge in [-0.3, -0.25) is 4.79 Å². The zero-order valence-corrected chi connectivity index (χ0v) is 15.0. The van der Waals surface area contributed by atoms with E-state index in [1.807, 2.05) is 6.92 Å². The van der Waals surface area contributed by atoms with Crippen LogP contribution in [0.15, 0.2) is 0 Å². The molecule has 2 aliphatic carbocycles. The summed E-state index contributed by atoms with van der Waals surface area (Å²) in [7, 11) is 0. The first-order valence-electron chi connectivity index (χ1n) is 9.06. The minimum absolute atomic E-state index is 0.00804. The molecule has 0 atom stereocenters. The molecule has 0 spiro atoms. The number of hydrogen-bond acceptors (Lipinski definition) is 5. The van der Waals surface area contributed by atoms with Crippen molar-refractivity contribution < 1.29 is 4.79 Å². The molecule has 24 heavy (non-hydrogen) atoms. The second-order valence-corrected chi connectivity index (χ2v) is 7.92. The number of carbonyl (C=O) groups excluding carboxylic acids is 1. The van der Waals surface area contributed by atoms with E-state index in [0.29, 0.717) is 12.4 Å². The second kappa shape index (κ2) is 6.67. The number of rotatable bonds is 6. The third-order valence-corrected chi connectivity index (χ3v) is 5.99. The van der Waals surface area contributed by atoms with Crippen LogP contribution < -0.4 is 10.6 Å². The number of aromatic nitrogens is 2. The van der Waals surface area contributed by atoms with Gasteiger partial charge >= 0.3 is 0 Å². The van der Waals surface area contributed by atoms with E-state index in [2.05, 4.69) is 10.6 Å². The summed E-state index contributed by atoms with van der Waals surface area (Å²) in [5.41, 5.74) is 1.45. The predicted octanol–water partition coefficient (Wildman–Crippen LogP) is 3.07. The van der Waals surface area contributed by atoms with E-state index in [4.69, 9.17) is 9.97 Å². The summed E-state index contributed by atoms with van der Waals surface area (Å²) in [6, 6.07) is 0. The molecule has 0 bridgehead atoms. The molecule has 2 aliphatic rings. The van der Waals surface area contributed by atoms with E-state index in [1.54, 1.807) is 11.3 Å². The van der Waals surface area contributed by atoms with Gasteiger partial charge in [0.15, 0.2) is 0 Å². The molecule has 0 radical (unpaired) electrons. The summed E-state index contributed by atoms with van der Waals surface area (Å²) >= 11 is 1.80. The number of amides is 1. The number of nitrogens with one attached hydrogen (secondary N) is 2. The van der Waals surface area contributed by atoms with E-state index in [1.165, 1.54) is 41.5 Å². The fourth-order valence-electron chi connectivity index (χ4n) is 3.37. The van der Waals surface area contributed by atoms with Crippen molar-refractivity contribution in [1.29, 1.82) is 0 Å². The van der Waals surface area contributed by atoms with Crippen LogP contribution in [0.2, 0.25) is 0 Å². The summed E-state index contributed by atoms with van der Waals surface area (Å²) in [6.07, 6.45) is 7.69. The Hall–Kier alpha value is -1.69. The molecule has 0 unspecified atom stereocenters. The number of likely N-dealkylation sites (N-methyl/N-ethyl adjacent to an activating group) is 1. The highest BCUT2D eigenvalue weighted by Crippen LogP contribution is 2.39. The van der Waals surface area contributed by atoms with E-state index >= 15 is 0 Å². The maximum atomic E-state index is 11.9. The number of aryl methyl sites for hydroxylation is 2. The fourth-order valence-corrected chi connectivity index (χ4v) is 4.65. The smallest absolute Gasteiger partial charge is 0.227 e. The SMILES string of the molecule is CCNC(=O)Cc1nc(NCC2CC2)c2c3c(sc2n1)CCCC3. The molecule has 1 saturated carbocycles. The maximum Gasteiger partial charge on any atom is 0.227 e. The van der Waals surface area contributed by atoms with Crippen LogP contribution in [0.1, 0.15) is 48.9 Å². The number of anilines is 1. The molecular formula is C18H24N4OS. The zero-order chi connectivity index (χ0) is 16.5. The summed E-state index contributed by atoms with van der Waals surface area (Å²) in [5, 5.41) is 7.61. The Balaban J connectivity index is 1.71. The molecule has 2 aromatic rings. The van der Waals surface area contributed by atoms with Crippen molar-refractivity contribution in [3.8, 4) is 0 Å². The second-order valence-electron chi connectivity index (χ2n) is 6.83. The third kappa shape index (κ3) is 3.24. The van der Waals surface area contributed by atoms with Crippen LogP contribution in [-0.4, -0.2) is 29.0 Å². The minimum atomic E-state index is -0.00804. The van der Waals surface area contributed by atoms with E-state index in [-0.39, 0.29) is 12.3 Å².